The Hall–Kier alpha value is -3.44. The number of hydrogen-bond acceptors (Lipinski definition) is 3. The first kappa shape index (κ1) is 27.8. The lowest BCUT2D eigenvalue weighted by Crippen LogP contribution is -2.26. The van der Waals surface area contributed by atoms with Crippen LogP contribution in [-0.2, 0) is 4.79 Å². The third kappa shape index (κ3) is 9.38. The normalized spacial score (nSPS) is 15.1. The minimum absolute atomic E-state index is 0.0735. The van der Waals surface area contributed by atoms with Gasteiger partial charge in [0.25, 0.3) is 0 Å². The van der Waals surface area contributed by atoms with E-state index in [1.807, 2.05) is 61.3 Å². The van der Waals surface area contributed by atoms with E-state index >= 15 is 0 Å². The molecule has 1 atom stereocenters. The molecule has 0 saturated carbocycles. The topological polar surface area (TPSA) is 45.3 Å². The number of nitrogens with one attached hydrogen (secondary N) is 1. The maximum Gasteiger partial charge on any atom is 0.245 e. The van der Waals surface area contributed by atoms with Gasteiger partial charge in [0, 0.05) is 29.1 Å². The Morgan fingerprint density at radius 2 is 1.71 bits per heavy atom. The number of carbonyl (C=O) groups is 1. The molecule has 5 heteroatoms. The number of amides is 1. The number of likely N-dealkylation sites (tertiary alicyclic amines) is 1. The van der Waals surface area contributed by atoms with Gasteiger partial charge >= 0.3 is 0 Å². The van der Waals surface area contributed by atoms with Gasteiger partial charge in [-0.1, -0.05) is 56.1 Å². The molecule has 2 aromatic carbocycles. The monoisotopic (exact) mass is 488 g/mol. The zero-order valence-electron chi connectivity index (χ0n) is 21.0. The maximum absolute atomic E-state index is 11.0. The number of allylic oxidation sites excluding steroid dienone is 1. The van der Waals surface area contributed by atoms with Crippen molar-refractivity contribution in [2.24, 2.45) is 5.92 Å². The van der Waals surface area contributed by atoms with Crippen LogP contribution in [0.15, 0.2) is 102 Å². The predicted molar refractivity (Wildman–Crippen MR) is 149 cm³/mol. The lowest BCUT2D eigenvalue weighted by atomic mass is 10.2. The van der Waals surface area contributed by atoms with Crippen molar-refractivity contribution >= 4 is 30.0 Å². The van der Waals surface area contributed by atoms with Gasteiger partial charge in [-0.2, -0.15) is 0 Å². The van der Waals surface area contributed by atoms with Crippen molar-refractivity contribution in [3.05, 3.63) is 103 Å². The first-order valence-electron chi connectivity index (χ1n) is 11.7. The Labute approximate surface area is 213 Å². The van der Waals surface area contributed by atoms with Crippen molar-refractivity contribution in [3.63, 3.8) is 0 Å². The molecule has 35 heavy (non-hydrogen) atoms. The lowest BCUT2D eigenvalue weighted by molar-refractivity contribution is -0.125. The van der Waals surface area contributed by atoms with E-state index in [-0.39, 0.29) is 5.91 Å². The lowest BCUT2D eigenvalue weighted by Gasteiger charge is -2.11. The first-order chi connectivity index (χ1) is 16.9. The molecule has 0 aliphatic carbocycles. The average molecular weight is 489 g/mol. The van der Waals surface area contributed by atoms with Gasteiger partial charge in [-0.05, 0) is 79.9 Å². The minimum atomic E-state index is 0.0735. The molecule has 184 valence electrons. The Morgan fingerprint density at radius 3 is 2.23 bits per heavy atom. The molecule has 1 aromatic heterocycles. The van der Waals surface area contributed by atoms with Gasteiger partial charge in [-0.3, -0.25) is 4.79 Å². The number of hydrogen-bond donors (Lipinski definition) is 1. The zero-order valence-corrected chi connectivity index (χ0v) is 21.8. The van der Waals surface area contributed by atoms with Crippen molar-refractivity contribution < 1.29 is 9.53 Å². The van der Waals surface area contributed by atoms with Gasteiger partial charge in [0.15, 0.2) is 0 Å². The molecule has 0 bridgehead atoms. The molecule has 3 aromatic rings. The van der Waals surface area contributed by atoms with Crippen LogP contribution in [-0.4, -0.2) is 28.9 Å². The first-order valence-corrected chi connectivity index (χ1v) is 12.5. The van der Waals surface area contributed by atoms with Crippen LogP contribution in [0, 0.1) is 5.92 Å². The molecule has 4 nitrogen and oxygen atoms in total. The van der Waals surface area contributed by atoms with Crippen LogP contribution in [0.2, 0.25) is 0 Å². The summed E-state index contributed by atoms with van der Waals surface area (Å²) in [6, 6.07) is 20.4. The standard InChI is InChI=1S/C19H17NOS.C8H13NO.C3H6/c1-14-12-13-20-19(14)15(2)21-16-8-10-18(11-9-16)22-17-6-4-3-5-7-17;1-3-8(10)9-5-4-7(2)6-9;1-3-2/h3-13,20H,1H2,2H3;3,7H,1,4-6H2,2H3;3H,1H2,2H3/b19-15-;;. The summed E-state index contributed by atoms with van der Waals surface area (Å²) in [5.74, 6) is 2.38. The number of rotatable bonds is 5. The quantitative estimate of drug-likeness (QED) is 0.353. The number of aromatic nitrogens is 1. The van der Waals surface area contributed by atoms with E-state index in [4.69, 9.17) is 4.74 Å². The van der Waals surface area contributed by atoms with Gasteiger partial charge in [-0.25, -0.2) is 0 Å². The van der Waals surface area contributed by atoms with E-state index in [2.05, 4.69) is 55.9 Å². The molecular formula is C30H36N2O2S. The Morgan fingerprint density at radius 1 is 1.09 bits per heavy atom. The molecule has 0 radical (unpaired) electrons. The summed E-state index contributed by atoms with van der Waals surface area (Å²) in [4.78, 5) is 18.4. The average Bonchev–Trinajstić information content (AvgIpc) is 3.49. The minimum Gasteiger partial charge on any atom is -0.460 e. The second-order valence-corrected chi connectivity index (χ2v) is 9.36. The largest absolute Gasteiger partial charge is 0.460 e. The number of ether oxygens (including phenoxy) is 1. The van der Waals surface area contributed by atoms with Crippen molar-refractivity contribution in [2.75, 3.05) is 13.1 Å². The number of nitrogens with zero attached hydrogens (tertiary/aromatic N) is 1. The summed E-state index contributed by atoms with van der Waals surface area (Å²) >= 11 is 1.74. The van der Waals surface area contributed by atoms with Crippen LogP contribution in [0.3, 0.4) is 0 Å². The smallest absolute Gasteiger partial charge is 0.245 e. The van der Waals surface area contributed by atoms with E-state index in [1.165, 1.54) is 15.9 Å². The SMILES string of the molecule is C=CC.C=CC(=O)N1CCC(C)C1.C=c1cc[nH]/c1=C(/C)Oc1ccc(Sc2ccccc2)cc1. The molecule has 1 saturated heterocycles. The van der Waals surface area contributed by atoms with Crippen molar-refractivity contribution in [1.82, 2.24) is 9.88 Å². The maximum atomic E-state index is 11.0. The van der Waals surface area contributed by atoms with Crippen molar-refractivity contribution in [1.29, 1.82) is 0 Å². The Kier molecular flexibility index (Phi) is 11.7. The molecule has 0 spiro atoms. The van der Waals surface area contributed by atoms with Crippen LogP contribution >= 0.6 is 11.8 Å². The van der Waals surface area contributed by atoms with Crippen LogP contribution < -0.4 is 15.3 Å². The van der Waals surface area contributed by atoms with E-state index in [1.54, 1.807) is 17.8 Å². The number of aromatic amines is 1. The molecule has 4 rings (SSSR count). The van der Waals surface area contributed by atoms with Crippen LogP contribution in [0.4, 0.5) is 0 Å². The van der Waals surface area contributed by atoms with E-state index < -0.39 is 0 Å². The summed E-state index contributed by atoms with van der Waals surface area (Å²) in [7, 11) is 0. The van der Waals surface area contributed by atoms with Crippen LogP contribution in [0.25, 0.3) is 12.3 Å². The molecule has 1 aliphatic heterocycles. The molecule has 1 N–H and O–H groups in total. The summed E-state index contributed by atoms with van der Waals surface area (Å²) in [5, 5.41) is 1.87. The fourth-order valence-electron chi connectivity index (χ4n) is 3.42. The second-order valence-electron chi connectivity index (χ2n) is 8.21. The highest BCUT2D eigenvalue weighted by Gasteiger charge is 2.20. The van der Waals surface area contributed by atoms with Gasteiger partial charge in [-0.15, -0.1) is 6.58 Å². The highest BCUT2D eigenvalue weighted by atomic mass is 32.2. The molecule has 1 unspecified atom stereocenters. The Bertz CT molecular complexity index is 1180. The fraction of sp³-hybridized carbons (Fsp3) is 0.233. The van der Waals surface area contributed by atoms with Gasteiger partial charge in [0.1, 0.15) is 11.5 Å². The summed E-state index contributed by atoms with van der Waals surface area (Å²) in [6.45, 7) is 18.6. The molecule has 2 heterocycles. The molecular weight excluding hydrogens is 452 g/mol. The zero-order chi connectivity index (χ0) is 25.6. The summed E-state index contributed by atoms with van der Waals surface area (Å²) < 4.78 is 5.88. The molecule has 1 aliphatic rings. The summed E-state index contributed by atoms with van der Waals surface area (Å²) in [5.41, 5.74) is 0. The van der Waals surface area contributed by atoms with Gasteiger partial charge in [0.05, 0.1) is 5.35 Å². The van der Waals surface area contributed by atoms with Gasteiger partial charge < -0.3 is 14.6 Å². The van der Waals surface area contributed by atoms with Crippen molar-refractivity contribution in [2.45, 2.75) is 37.0 Å². The van der Waals surface area contributed by atoms with Crippen LogP contribution in [0.1, 0.15) is 27.2 Å². The highest BCUT2D eigenvalue weighted by Crippen LogP contribution is 2.29. The Balaban J connectivity index is 0.000000277. The van der Waals surface area contributed by atoms with Gasteiger partial charge in [0.2, 0.25) is 5.91 Å². The molecule has 1 fully saturated rings. The summed E-state index contributed by atoms with van der Waals surface area (Å²) in [6.07, 6.45) is 6.14. The number of carbonyl (C=O) groups excluding carboxylic acids is 1. The number of benzene rings is 2. The fourth-order valence-corrected chi connectivity index (χ4v) is 4.26. The predicted octanol–water partition coefficient (Wildman–Crippen LogP) is 6.02. The van der Waals surface area contributed by atoms with E-state index in [0.29, 0.717) is 5.92 Å². The third-order valence-corrected chi connectivity index (χ3v) is 6.18. The number of H-pyrrole nitrogens is 1. The van der Waals surface area contributed by atoms with Crippen LogP contribution in [0.5, 0.6) is 5.75 Å². The second kappa shape index (κ2) is 14.7. The van der Waals surface area contributed by atoms with Crippen molar-refractivity contribution in [3.8, 4) is 5.75 Å². The third-order valence-electron chi connectivity index (χ3n) is 5.17. The highest BCUT2D eigenvalue weighted by molar-refractivity contribution is 7.99. The van der Waals surface area contributed by atoms with E-state index in [0.717, 1.165) is 41.6 Å². The molecule has 1 amide bonds. The van der Waals surface area contributed by atoms with E-state index in [9.17, 15) is 4.79 Å².